The second-order valence-corrected chi connectivity index (χ2v) is 5.92. The molecule has 1 nitrogen and oxygen atoms in total. The van der Waals surface area contributed by atoms with Gasteiger partial charge >= 0.3 is 0 Å². The molecule has 19 heavy (non-hydrogen) atoms. The fourth-order valence-corrected chi connectivity index (χ4v) is 3.04. The van der Waals surface area contributed by atoms with Crippen LogP contribution < -0.4 is 5.32 Å². The number of aryl methyl sites for hydroxylation is 1. The molecule has 0 saturated carbocycles. The van der Waals surface area contributed by atoms with Gasteiger partial charge in [-0.1, -0.05) is 22.0 Å². The van der Waals surface area contributed by atoms with E-state index < -0.39 is 0 Å². The summed E-state index contributed by atoms with van der Waals surface area (Å²) in [6.07, 6.45) is 3.23. The van der Waals surface area contributed by atoms with Crippen molar-refractivity contribution in [3.05, 3.63) is 63.9 Å². The fraction of sp³-hybridized carbons (Fsp3) is 0.250. The van der Waals surface area contributed by atoms with Gasteiger partial charge in [0.05, 0.1) is 0 Å². The van der Waals surface area contributed by atoms with Gasteiger partial charge in [-0.15, -0.1) is 0 Å². The highest BCUT2D eigenvalue weighted by atomic mass is 79.9. The Kier molecular flexibility index (Phi) is 3.56. The van der Waals surface area contributed by atoms with Crippen LogP contribution in [-0.4, -0.2) is 6.04 Å². The van der Waals surface area contributed by atoms with Crippen LogP contribution in [0, 0.1) is 5.82 Å². The second kappa shape index (κ2) is 5.33. The van der Waals surface area contributed by atoms with Gasteiger partial charge in [0.1, 0.15) is 5.82 Å². The van der Waals surface area contributed by atoms with E-state index in [4.69, 9.17) is 0 Å². The molecule has 1 aliphatic carbocycles. The summed E-state index contributed by atoms with van der Waals surface area (Å²) in [5.41, 5.74) is 3.84. The Morgan fingerprint density at radius 3 is 2.63 bits per heavy atom. The highest BCUT2D eigenvalue weighted by molar-refractivity contribution is 9.10. The van der Waals surface area contributed by atoms with Gasteiger partial charge in [-0.05, 0) is 66.8 Å². The summed E-state index contributed by atoms with van der Waals surface area (Å²) >= 11 is 3.51. The Balaban J connectivity index is 1.72. The van der Waals surface area contributed by atoms with Crippen molar-refractivity contribution in [2.24, 2.45) is 0 Å². The number of hydrogen-bond acceptors (Lipinski definition) is 1. The summed E-state index contributed by atoms with van der Waals surface area (Å²) in [5.74, 6) is -0.190. The number of rotatable bonds is 2. The van der Waals surface area contributed by atoms with Crippen molar-refractivity contribution >= 4 is 21.6 Å². The van der Waals surface area contributed by atoms with E-state index in [2.05, 4.69) is 39.4 Å². The summed E-state index contributed by atoms with van der Waals surface area (Å²) in [4.78, 5) is 0. The number of nitrogens with one attached hydrogen (secondary N) is 1. The van der Waals surface area contributed by atoms with Crippen LogP contribution in [-0.2, 0) is 12.8 Å². The molecule has 0 spiro atoms. The first-order valence-electron chi connectivity index (χ1n) is 6.50. The van der Waals surface area contributed by atoms with Gasteiger partial charge in [-0.2, -0.15) is 0 Å². The van der Waals surface area contributed by atoms with Crippen LogP contribution >= 0.6 is 15.9 Å². The lowest BCUT2D eigenvalue weighted by molar-refractivity contribution is 0.609. The average molecular weight is 320 g/mol. The van der Waals surface area contributed by atoms with Crippen LogP contribution in [0.5, 0.6) is 0 Å². The summed E-state index contributed by atoms with van der Waals surface area (Å²) in [5, 5.41) is 3.49. The normalized spacial score (nSPS) is 17.9. The van der Waals surface area contributed by atoms with Gasteiger partial charge in [0.25, 0.3) is 0 Å². The Morgan fingerprint density at radius 2 is 1.84 bits per heavy atom. The van der Waals surface area contributed by atoms with Crippen LogP contribution in [0.15, 0.2) is 46.9 Å². The lowest BCUT2D eigenvalue weighted by atomic mass is 9.88. The van der Waals surface area contributed by atoms with Gasteiger partial charge in [0, 0.05) is 16.2 Å². The molecule has 98 valence electrons. The van der Waals surface area contributed by atoms with Gasteiger partial charge in [-0.25, -0.2) is 4.39 Å². The number of hydrogen-bond donors (Lipinski definition) is 1. The zero-order chi connectivity index (χ0) is 13.2. The Morgan fingerprint density at radius 1 is 1.05 bits per heavy atom. The Bertz CT molecular complexity index is 580. The van der Waals surface area contributed by atoms with Crippen molar-refractivity contribution in [3.8, 4) is 0 Å². The van der Waals surface area contributed by atoms with Crippen LogP contribution in [0.2, 0.25) is 0 Å². The quantitative estimate of drug-likeness (QED) is 0.855. The zero-order valence-corrected chi connectivity index (χ0v) is 12.1. The third kappa shape index (κ3) is 2.98. The van der Waals surface area contributed by atoms with E-state index in [1.165, 1.54) is 23.3 Å². The molecule has 0 aliphatic heterocycles. The van der Waals surface area contributed by atoms with Crippen LogP contribution in [0.1, 0.15) is 17.5 Å². The third-order valence-corrected chi connectivity index (χ3v) is 4.11. The second-order valence-electron chi connectivity index (χ2n) is 5.00. The summed E-state index contributed by atoms with van der Waals surface area (Å²) in [7, 11) is 0. The van der Waals surface area contributed by atoms with Gasteiger partial charge < -0.3 is 5.32 Å². The van der Waals surface area contributed by atoms with Crippen LogP contribution in [0.3, 0.4) is 0 Å². The summed E-state index contributed by atoms with van der Waals surface area (Å²) < 4.78 is 14.0. The summed E-state index contributed by atoms with van der Waals surface area (Å²) in [6.45, 7) is 0. The van der Waals surface area contributed by atoms with E-state index in [1.54, 1.807) is 12.1 Å². The third-order valence-electron chi connectivity index (χ3n) is 3.61. The topological polar surface area (TPSA) is 12.0 Å². The smallest absolute Gasteiger partial charge is 0.123 e. The molecule has 0 radical (unpaired) electrons. The van der Waals surface area contributed by atoms with Crippen LogP contribution in [0.4, 0.5) is 10.1 Å². The van der Waals surface area contributed by atoms with Crippen molar-refractivity contribution in [1.29, 1.82) is 0 Å². The van der Waals surface area contributed by atoms with Crippen molar-refractivity contribution in [3.63, 3.8) is 0 Å². The van der Waals surface area contributed by atoms with E-state index in [0.29, 0.717) is 6.04 Å². The largest absolute Gasteiger partial charge is 0.382 e. The molecule has 1 atom stereocenters. The van der Waals surface area contributed by atoms with Crippen molar-refractivity contribution in [2.45, 2.75) is 25.3 Å². The minimum absolute atomic E-state index is 0.190. The zero-order valence-electron chi connectivity index (χ0n) is 10.5. The molecule has 3 heteroatoms. The molecular formula is C16H15BrFN. The predicted octanol–water partition coefficient (Wildman–Crippen LogP) is 4.56. The molecule has 1 aliphatic rings. The van der Waals surface area contributed by atoms with Gasteiger partial charge in [0.15, 0.2) is 0 Å². The maximum absolute atomic E-state index is 12.9. The molecule has 0 aromatic heterocycles. The number of benzene rings is 2. The molecule has 0 fully saturated rings. The number of halogens is 2. The highest BCUT2D eigenvalue weighted by Crippen LogP contribution is 2.26. The van der Waals surface area contributed by atoms with Crippen molar-refractivity contribution in [2.75, 3.05) is 5.32 Å². The molecule has 2 aromatic carbocycles. The molecule has 1 N–H and O–H groups in total. The number of anilines is 1. The molecular weight excluding hydrogens is 305 g/mol. The maximum atomic E-state index is 12.9. The lowest BCUT2D eigenvalue weighted by Crippen LogP contribution is -2.27. The van der Waals surface area contributed by atoms with Crippen molar-refractivity contribution in [1.82, 2.24) is 0 Å². The van der Waals surface area contributed by atoms with E-state index in [1.807, 2.05) is 0 Å². The maximum Gasteiger partial charge on any atom is 0.123 e. The van der Waals surface area contributed by atoms with Crippen LogP contribution in [0.25, 0.3) is 0 Å². The minimum atomic E-state index is -0.190. The van der Waals surface area contributed by atoms with E-state index >= 15 is 0 Å². The van der Waals surface area contributed by atoms with Crippen molar-refractivity contribution < 1.29 is 4.39 Å². The molecule has 0 saturated heterocycles. The van der Waals surface area contributed by atoms with E-state index in [-0.39, 0.29) is 5.82 Å². The number of fused-ring (bicyclic) bond motifs is 1. The van der Waals surface area contributed by atoms with E-state index in [0.717, 1.165) is 29.4 Å². The average Bonchev–Trinajstić information content (AvgIpc) is 2.42. The SMILES string of the molecule is Fc1ccc(NC2CCc3cc(Br)ccc3C2)cc1. The molecule has 1 unspecified atom stereocenters. The molecule has 0 amide bonds. The fourth-order valence-electron chi connectivity index (χ4n) is 2.63. The summed E-state index contributed by atoms with van der Waals surface area (Å²) in [6, 6.07) is 13.5. The lowest BCUT2D eigenvalue weighted by Gasteiger charge is -2.26. The van der Waals surface area contributed by atoms with Gasteiger partial charge in [0.2, 0.25) is 0 Å². The Hall–Kier alpha value is -1.35. The highest BCUT2D eigenvalue weighted by Gasteiger charge is 2.18. The Labute approximate surface area is 121 Å². The van der Waals surface area contributed by atoms with E-state index in [9.17, 15) is 4.39 Å². The molecule has 2 aromatic rings. The first-order valence-corrected chi connectivity index (χ1v) is 7.29. The predicted molar refractivity (Wildman–Crippen MR) is 80.0 cm³/mol. The minimum Gasteiger partial charge on any atom is -0.382 e. The molecule has 3 rings (SSSR count). The first kappa shape index (κ1) is 12.7. The first-order chi connectivity index (χ1) is 9.20. The molecule has 0 heterocycles. The molecule has 0 bridgehead atoms. The monoisotopic (exact) mass is 319 g/mol. The van der Waals surface area contributed by atoms with Gasteiger partial charge in [-0.3, -0.25) is 0 Å². The standard InChI is InChI=1S/C16H15BrFN/c17-13-3-1-12-10-16(6-2-11(12)9-13)19-15-7-4-14(18)5-8-15/h1,3-5,7-9,16,19H,2,6,10H2.